The molecule has 2 aromatic heterocycles. The van der Waals surface area contributed by atoms with Crippen molar-refractivity contribution in [1.82, 2.24) is 15.1 Å². The van der Waals surface area contributed by atoms with E-state index in [9.17, 15) is 9.18 Å². The first-order valence-corrected chi connectivity index (χ1v) is 12.5. The molecule has 0 radical (unpaired) electrons. The van der Waals surface area contributed by atoms with Gasteiger partial charge in [0, 0.05) is 55.3 Å². The number of unbranched alkanes of at least 4 members (excludes halogenated alkanes) is 2. The molecule has 4 rings (SSSR count). The Labute approximate surface area is 210 Å². The van der Waals surface area contributed by atoms with Gasteiger partial charge in [-0.15, -0.1) is 0 Å². The number of anilines is 1. The van der Waals surface area contributed by atoms with Gasteiger partial charge in [-0.3, -0.25) is 9.18 Å². The molecule has 8 nitrogen and oxygen atoms in total. The summed E-state index contributed by atoms with van der Waals surface area (Å²) in [4.78, 5) is 23.6. The van der Waals surface area contributed by atoms with Crippen molar-refractivity contribution in [2.45, 2.75) is 57.8 Å². The van der Waals surface area contributed by atoms with E-state index in [1.165, 1.54) is 0 Å². The summed E-state index contributed by atoms with van der Waals surface area (Å²) in [7, 11) is 0. The van der Waals surface area contributed by atoms with Gasteiger partial charge in [0.15, 0.2) is 17.5 Å². The third-order valence-corrected chi connectivity index (χ3v) is 6.32. The first kappa shape index (κ1) is 25.8. The van der Waals surface area contributed by atoms with Crippen LogP contribution in [0.2, 0.25) is 0 Å². The fraction of sp³-hybridized carbons (Fsp3) is 0.481. The van der Waals surface area contributed by atoms with Gasteiger partial charge in [-0.2, -0.15) is 4.98 Å². The number of oxazole rings is 1. The van der Waals surface area contributed by atoms with Crippen LogP contribution >= 0.6 is 0 Å². The molecular weight excluding hydrogens is 463 g/mol. The molecule has 1 saturated heterocycles. The van der Waals surface area contributed by atoms with Gasteiger partial charge in [-0.25, -0.2) is 4.98 Å². The number of nitrogens with zero attached hydrogens (tertiary/aromatic N) is 4. The van der Waals surface area contributed by atoms with Crippen LogP contribution < -0.4 is 4.90 Å². The van der Waals surface area contributed by atoms with Crippen molar-refractivity contribution < 1.29 is 22.9 Å². The molecule has 0 spiro atoms. The van der Waals surface area contributed by atoms with Crippen molar-refractivity contribution in [2.24, 2.45) is 0 Å². The van der Waals surface area contributed by atoms with Gasteiger partial charge >= 0.3 is 0 Å². The van der Waals surface area contributed by atoms with E-state index in [0.717, 1.165) is 43.6 Å². The predicted molar refractivity (Wildman–Crippen MR) is 133 cm³/mol. The van der Waals surface area contributed by atoms with Gasteiger partial charge in [0.2, 0.25) is 5.89 Å². The van der Waals surface area contributed by atoms with Gasteiger partial charge < -0.3 is 18.6 Å². The van der Waals surface area contributed by atoms with E-state index < -0.39 is 6.67 Å². The lowest BCUT2D eigenvalue weighted by Crippen LogP contribution is -2.33. The number of hydrogen-bond acceptors (Lipinski definition) is 7. The number of carbonyl (C=O) groups excluding carboxylic acids is 1. The summed E-state index contributed by atoms with van der Waals surface area (Å²) in [5, 5.41) is 3.81. The number of aryl methyl sites for hydroxylation is 2. The van der Waals surface area contributed by atoms with E-state index >= 15 is 0 Å². The molecule has 192 valence electrons. The molecule has 3 aromatic rings. The minimum atomic E-state index is -0.616. The molecule has 3 heterocycles. The third kappa shape index (κ3) is 6.66. The lowest BCUT2D eigenvalue weighted by molar-refractivity contribution is -0.115. The lowest BCUT2D eigenvalue weighted by Gasteiger charge is -2.24. The summed E-state index contributed by atoms with van der Waals surface area (Å²) in [5.74, 6) is 2.62. The van der Waals surface area contributed by atoms with Crippen LogP contribution in [0.4, 0.5) is 10.1 Å². The maximum Gasteiger partial charge on any atom is 0.253 e. The molecule has 1 aliphatic heterocycles. The van der Waals surface area contributed by atoms with Crippen molar-refractivity contribution in [3.8, 4) is 11.3 Å². The van der Waals surface area contributed by atoms with Crippen molar-refractivity contribution in [1.29, 1.82) is 0 Å². The number of ether oxygens (including phenoxy) is 1. The monoisotopic (exact) mass is 496 g/mol. The first-order chi connectivity index (χ1) is 17.5. The zero-order valence-corrected chi connectivity index (χ0v) is 20.7. The maximum absolute atomic E-state index is 13.2. The number of rotatable bonds is 12. The minimum Gasteiger partial charge on any atom is -0.440 e. The maximum atomic E-state index is 13.2. The van der Waals surface area contributed by atoms with Crippen LogP contribution in [0.5, 0.6) is 0 Å². The minimum absolute atomic E-state index is 0.0160. The molecule has 0 saturated carbocycles. The highest BCUT2D eigenvalue weighted by Crippen LogP contribution is 2.31. The van der Waals surface area contributed by atoms with E-state index in [2.05, 4.69) is 21.7 Å². The van der Waals surface area contributed by atoms with Crippen molar-refractivity contribution >= 4 is 11.6 Å². The van der Waals surface area contributed by atoms with Crippen molar-refractivity contribution in [2.75, 3.05) is 31.3 Å². The molecule has 0 atom stereocenters. The number of hydrogen-bond donors (Lipinski definition) is 0. The Morgan fingerprint density at radius 2 is 2.06 bits per heavy atom. The molecule has 0 unspecified atom stereocenters. The molecule has 0 aliphatic carbocycles. The highest BCUT2D eigenvalue weighted by atomic mass is 19.1. The highest BCUT2D eigenvalue weighted by molar-refractivity contribution is 6.05. The SMILES string of the molecule is C=C(CCF)C(=O)N(CCCCCc1nc(C)no1)c1cccc(-c2cnc(C3CCOCC3)o2)c1. The summed E-state index contributed by atoms with van der Waals surface area (Å²) >= 11 is 0. The topological polar surface area (TPSA) is 94.5 Å². The lowest BCUT2D eigenvalue weighted by atomic mass is 10.0. The van der Waals surface area contributed by atoms with E-state index in [-0.39, 0.29) is 23.8 Å². The largest absolute Gasteiger partial charge is 0.440 e. The zero-order valence-electron chi connectivity index (χ0n) is 20.7. The molecule has 36 heavy (non-hydrogen) atoms. The van der Waals surface area contributed by atoms with Crippen LogP contribution in [0.25, 0.3) is 11.3 Å². The Bertz CT molecular complexity index is 1150. The summed E-state index contributed by atoms with van der Waals surface area (Å²) in [6, 6.07) is 7.61. The Balaban J connectivity index is 1.45. The molecule has 1 aliphatic rings. The predicted octanol–water partition coefficient (Wildman–Crippen LogP) is 5.59. The quantitative estimate of drug-likeness (QED) is 0.238. The summed E-state index contributed by atoms with van der Waals surface area (Å²) in [6.07, 6.45) is 6.73. The average molecular weight is 497 g/mol. The average Bonchev–Trinajstić information content (AvgIpc) is 3.56. The zero-order chi connectivity index (χ0) is 25.3. The molecule has 0 bridgehead atoms. The number of benzene rings is 1. The summed E-state index contributed by atoms with van der Waals surface area (Å²) < 4.78 is 29.6. The number of aromatic nitrogens is 3. The fourth-order valence-electron chi connectivity index (χ4n) is 4.31. The molecule has 1 amide bonds. The first-order valence-electron chi connectivity index (χ1n) is 12.5. The Kier molecular flexibility index (Phi) is 9.00. The van der Waals surface area contributed by atoms with Crippen LogP contribution in [-0.2, 0) is 16.0 Å². The second-order valence-corrected chi connectivity index (χ2v) is 9.05. The van der Waals surface area contributed by atoms with E-state index in [1.54, 1.807) is 18.0 Å². The van der Waals surface area contributed by atoms with E-state index in [1.807, 2.05) is 24.3 Å². The van der Waals surface area contributed by atoms with Crippen LogP contribution in [0.3, 0.4) is 0 Å². The summed E-state index contributed by atoms with van der Waals surface area (Å²) in [6.45, 7) is 6.91. The van der Waals surface area contributed by atoms with Crippen molar-refractivity contribution in [3.05, 3.63) is 60.2 Å². The third-order valence-electron chi connectivity index (χ3n) is 6.32. The number of halogens is 1. The van der Waals surface area contributed by atoms with Gasteiger partial charge in [0.25, 0.3) is 5.91 Å². The number of carbonyl (C=O) groups is 1. The number of amides is 1. The highest BCUT2D eigenvalue weighted by Gasteiger charge is 2.22. The van der Waals surface area contributed by atoms with Crippen LogP contribution in [0.15, 0.2) is 51.6 Å². The van der Waals surface area contributed by atoms with Gasteiger partial charge in [-0.1, -0.05) is 30.3 Å². The van der Waals surface area contributed by atoms with Crippen molar-refractivity contribution in [3.63, 3.8) is 0 Å². The van der Waals surface area contributed by atoms with Gasteiger partial charge in [-0.05, 0) is 44.7 Å². The molecular formula is C27H33FN4O4. The smallest absolute Gasteiger partial charge is 0.253 e. The fourth-order valence-corrected chi connectivity index (χ4v) is 4.31. The second kappa shape index (κ2) is 12.6. The second-order valence-electron chi connectivity index (χ2n) is 9.05. The van der Waals surface area contributed by atoms with Crippen LogP contribution in [-0.4, -0.2) is 47.5 Å². The number of alkyl halides is 1. The van der Waals surface area contributed by atoms with E-state index in [4.69, 9.17) is 13.7 Å². The van der Waals surface area contributed by atoms with Gasteiger partial charge in [0.1, 0.15) is 0 Å². The normalized spacial score (nSPS) is 14.2. The van der Waals surface area contributed by atoms with Crippen LogP contribution in [0.1, 0.15) is 62.0 Å². The van der Waals surface area contributed by atoms with Crippen LogP contribution in [0, 0.1) is 6.92 Å². The molecule has 9 heteroatoms. The molecule has 1 fully saturated rings. The Hall–Kier alpha value is -3.33. The standard InChI is InChI=1S/C27H33FN4O4/c1-19(10-13-28)27(33)32(14-5-3-4-9-25-30-20(2)31-36-25)23-8-6-7-22(17-23)24-18-29-26(35-24)21-11-15-34-16-12-21/h6-8,17-18,21H,1,3-5,9-16H2,2H3. The summed E-state index contributed by atoms with van der Waals surface area (Å²) in [5.41, 5.74) is 1.80. The van der Waals surface area contributed by atoms with Gasteiger partial charge in [0.05, 0.1) is 12.9 Å². The molecule has 0 N–H and O–H groups in total. The van der Waals surface area contributed by atoms with E-state index in [0.29, 0.717) is 49.3 Å². The Morgan fingerprint density at radius 3 is 2.81 bits per heavy atom. The Morgan fingerprint density at radius 1 is 1.22 bits per heavy atom. The molecule has 1 aromatic carbocycles.